The Hall–Kier alpha value is -3.32. The number of aryl methyl sites for hydroxylation is 3. The van der Waals surface area contributed by atoms with Gasteiger partial charge in [-0.1, -0.05) is 59.8 Å². The van der Waals surface area contributed by atoms with E-state index in [0.717, 1.165) is 27.8 Å². The first-order valence-electron chi connectivity index (χ1n) is 9.65. The van der Waals surface area contributed by atoms with E-state index >= 15 is 0 Å². The van der Waals surface area contributed by atoms with Gasteiger partial charge in [-0.05, 0) is 26.0 Å². The number of imidazole rings is 1. The minimum absolute atomic E-state index is 0.0947. The fraction of sp³-hybridized carbons (Fsp3) is 0.174. The number of benzene rings is 2. The van der Waals surface area contributed by atoms with Crippen LogP contribution in [0.25, 0.3) is 16.9 Å². The van der Waals surface area contributed by atoms with Gasteiger partial charge in [-0.15, -0.1) is 0 Å². The summed E-state index contributed by atoms with van der Waals surface area (Å²) in [7, 11) is 1.81. The molecule has 0 fully saturated rings. The Bertz CT molecular complexity index is 1160. The molecule has 0 aliphatic carbocycles. The molecule has 0 unspecified atom stereocenters. The van der Waals surface area contributed by atoms with Gasteiger partial charge in [0.1, 0.15) is 5.82 Å². The van der Waals surface area contributed by atoms with Crippen LogP contribution >= 0.6 is 11.8 Å². The van der Waals surface area contributed by atoms with Crippen molar-refractivity contribution in [1.82, 2.24) is 19.3 Å². The van der Waals surface area contributed by atoms with Crippen LogP contribution in [-0.4, -0.2) is 31.0 Å². The van der Waals surface area contributed by atoms with Crippen LogP contribution in [0.4, 0.5) is 5.82 Å². The average molecular weight is 418 g/mol. The number of carbonyl (C=O) groups excluding carboxylic acids is 1. The van der Waals surface area contributed by atoms with Crippen LogP contribution in [0.1, 0.15) is 11.3 Å². The zero-order valence-electron chi connectivity index (χ0n) is 17.2. The van der Waals surface area contributed by atoms with Crippen molar-refractivity contribution in [2.45, 2.75) is 19.0 Å². The molecule has 1 amide bonds. The minimum Gasteiger partial charge on any atom is -0.310 e. The van der Waals surface area contributed by atoms with E-state index in [9.17, 15) is 4.79 Å². The van der Waals surface area contributed by atoms with Gasteiger partial charge in [0.05, 0.1) is 23.3 Å². The summed E-state index contributed by atoms with van der Waals surface area (Å²) in [5.74, 6) is 0.842. The Morgan fingerprint density at radius 3 is 2.47 bits per heavy atom. The summed E-state index contributed by atoms with van der Waals surface area (Å²) in [6.45, 7) is 3.96. The predicted octanol–water partition coefficient (Wildman–Crippen LogP) is 4.62. The second kappa shape index (κ2) is 8.59. The van der Waals surface area contributed by atoms with Gasteiger partial charge in [-0.3, -0.25) is 14.0 Å². The van der Waals surface area contributed by atoms with E-state index in [0.29, 0.717) is 5.82 Å². The van der Waals surface area contributed by atoms with E-state index in [1.54, 1.807) is 4.68 Å². The van der Waals surface area contributed by atoms with E-state index in [4.69, 9.17) is 0 Å². The van der Waals surface area contributed by atoms with Gasteiger partial charge in [-0.25, -0.2) is 4.98 Å². The highest BCUT2D eigenvalue weighted by atomic mass is 32.2. The van der Waals surface area contributed by atoms with Gasteiger partial charge in [0.2, 0.25) is 5.91 Å². The number of amides is 1. The summed E-state index contributed by atoms with van der Waals surface area (Å²) >= 11 is 1.41. The maximum absolute atomic E-state index is 12.5. The summed E-state index contributed by atoms with van der Waals surface area (Å²) in [5.41, 5.74) is 5.14. The van der Waals surface area contributed by atoms with Gasteiger partial charge in [0.25, 0.3) is 0 Å². The van der Waals surface area contributed by atoms with Crippen molar-refractivity contribution in [2.75, 3.05) is 11.1 Å². The van der Waals surface area contributed by atoms with Crippen LogP contribution in [0.2, 0.25) is 0 Å². The largest absolute Gasteiger partial charge is 0.310 e. The highest BCUT2D eigenvalue weighted by molar-refractivity contribution is 7.99. The normalized spacial score (nSPS) is 10.9. The number of hydrogen-bond acceptors (Lipinski definition) is 4. The highest BCUT2D eigenvalue weighted by Crippen LogP contribution is 2.30. The van der Waals surface area contributed by atoms with Gasteiger partial charge >= 0.3 is 0 Å². The van der Waals surface area contributed by atoms with Gasteiger partial charge in [0, 0.05) is 24.4 Å². The average Bonchev–Trinajstić information content (AvgIpc) is 3.30. The molecule has 6 nitrogen and oxygen atoms in total. The second-order valence-corrected chi connectivity index (χ2v) is 8.04. The minimum atomic E-state index is -0.0947. The lowest BCUT2D eigenvalue weighted by Gasteiger charge is -2.12. The molecule has 0 atom stereocenters. The van der Waals surface area contributed by atoms with Crippen molar-refractivity contribution >= 4 is 23.5 Å². The third-order valence-electron chi connectivity index (χ3n) is 4.69. The smallest absolute Gasteiger partial charge is 0.235 e. The van der Waals surface area contributed by atoms with Gasteiger partial charge < -0.3 is 5.32 Å². The third-order valence-corrected chi connectivity index (χ3v) is 5.65. The number of nitrogens with zero attached hydrogens (tertiary/aromatic N) is 4. The first-order chi connectivity index (χ1) is 14.5. The molecule has 2 aromatic carbocycles. The van der Waals surface area contributed by atoms with Crippen LogP contribution in [-0.2, 0) is 11.8 Å². The summed E-state index contributed by atoms with van der Waals surface area (Å²) in [5, 5.41) is 7.94. The molecule has 2 aromatic heterocycles. The Morgan fingerprint density at radius 1 is 1.07 bits per heavy atom. The lowest BCUT2D eigenvalue weighted by Crippen LogP contribution is -2.16. The molecule has 0 saturated heterocycles. The van der Waals surface area contributed by atoms with Crippen LogP contribution < -0.4 is 5.32 Å². The lowest BCUT2D eigenvalue weighted by molar-refractivity contribution is -0.113. The SMILES string of the molecule is Cc1ccc(-n2c(-c3ccccc3)cnc2SCC(=O)Nc2cc(C)nn2C)cc1. The number of rotatable bonds is 6. The first-order valence-corrected chi connectivity index (χ1v) is 10.6. The van der Waals surface area contributed by atoms with Crippen LogP contribution in [0, 0.1) is 13.8 Å². The molecule has 7 heteroatoms. The molecule has 30 heavy (non-hydrogen) atoms. The van der Waals surface area contributed by atoms with E-state index in [2.05, 4.69) is 63.3 Å². The molecular weight excluding hydrogens is 394 g/mol. The second-order valence-electron chi connectivity index (χ2n) is 7.09. The molecule has 0 spiro atoms. The number of thioether (sulfide) groups is 1. The van der Waals surface area contributed by atoms with Crippen molar-refractivity contribution < 1.29 is 4.79 Å². The molecule has 2 heterocycles. The molecule has 0 saturated carbocycles. The molecule has 4 rings (SSSR count). The monoisotopic (exact) mass is 417 g/mol. The molecular formula is C23H23N5OS. The van der Waals surface area contributed by atoms with Crippen LogP contribution in [0.15, 0.2) is 72.0 Å². The van der Waals surface area contributed by atoms with Crippen molar-refractivity contribution in [2.24, 2.45) is 7.05 Å². The highest BCUT2D eigenvalue weighted by Gasteiger charge is 2.16. The van der Waals surface area contributed by atoms with Crippen molar-refractivity contribution in [3.8, 4) is 16.9 Å². The fourth-order valence-corrected chi connectivity index (χ4v) is 4.02. The van der Waals surface area contributed by atoms with Crippen molar-refractivity contribution in [3.63, 3.8) is 0 Å². The molecule has 1 N–H and O–H groups in total. The molecule has 0 aliphatic rings. The predicted molar refractivity (Wildman–Crippen MR) is 121 cm³/mol. The van der Waals surface area contributed by atoms with Gasteiger partial charge in [0.15, 0.2) is 5.16 Å². The molecule has 4 aromatic rings. The summed E-state index contributed by atoms with van der Waals surface area (Å²) in [6, 6.07) is 20.3. The quantitative estimate of drug-likeness (QED) is 0.465. The Kier molecular flexibility index (Phi) is 5.72. The maximum Gasteiger partial charge on any atom is 0.235 e. The molecule has 152 valence electrons. The Balaban J connectivity index is 1.60. The number of aromatic nitrogens is 4. The van der Waals surface area contributed by atoms with Crippen molar-refractivity contribution in [1.29, 1.82) is 0 Å². The van der Waals surface area contributed by atoms with Gasteiger partial charge in [-0.2, -0.15) is 5.10 Å². The Labute approximate surface area is 180 Å². The Morgan fingerprint density at radius 2 is 1.80 bits per heavy atom. The summed E-state index contributed by atoms with van der Waals surface area (Å²) in [6.07, 6.45) is 1.86. The number of hydrogen-bond donors (Lipinski definition) is 1. The van der Waals surface area contributed by atoms with Crippen molar-refractivity contribution in [3.05, 3.63) is 78.1 Å². The van der Waals surface area contributed by atoms with E-state index < -0.39 is 0 Å². The van der Waals surface area contributed by atoms with E-state index in [1.807, 2.05) is 44.4 Å². The number of carbonyl (C=O) groups is 1. The topological polar surface area (TPSA) is 64.7 Å². The molecule has 0 radical (unpaired) electrons. The zero-order chi connectivity index (χ0) is 21.1. The van der Waals surface area contributed by atoms with Crippen LogP contribution in [0.5, 0.6) is 0 Å². The first kappa shape index (κ1) is 20.0. The zero-order valence-corrected chi connectivity index (χ0v) is 18.0. The number of anilines is 1. The third kappa shape index (κ3) is 4.31. The lowest BCUT2D eigenvalue weighted by atomic mass is 10.1. The molecule has 0 aliphatic heterocycles. The van der Waals surface area contributed by atoms with E-state index in [-0.39, 0.29) is 11.7 Å². The molecule has 0 bridgehead atoms. The number of nitrogens with one attached hydrogen (secondary N) is 1. The maximum atomic E-state index is 12.5. The van der Waals surface area contributed by atoms with E-state index in [1.165, 1.54) is 17.3 Å². The van der Waals surface area contributed by atoms with Crippen LogP contribution in [0.3, 0.4) is 0 Å². The summed E-state index contributed by atoms with van der Waals surface area (Å²) < 4.78 is 3.76. The standard InChI is InChI=1S/C23H23N5OS/c1-16-9-11-19(12-10-16)28-20(18-7-5-4-6-8-18)14-24-23(28)30-15-22(29)25-21-13-17(2)26-27(21)3/h4-14H,15H2,1-3H3,(H,25,29). The summed E-state index contributed by atoms with van der Waals surface area (Å²) in [4.78, 5) is 17.1. The fourth-order valence-electron chi connectivity index (χ4n) is 3.23.